The second kappa shape index (κ2) is 6.71. The van der Waals surface area contributed by atoms with Crippen LogP contribution in [0.3, 0.4) is 0 Å². The van der Waals surface area contributed by atoms with Crippen LogP contribution in [0.4, 0.5) is 14.6 Å². The number of fused-ring (bicyclic) bond motifs is 2. The molecule has 0 saturated carbocycles. The third-order valence-electron chi connectivity index (χ3n) is 6.78. The van der Waals surface area contributed by atoms with Crippen LogP contribution in [-0.4, -0.2) is 50.1 Å². The third kappa shape index (κ3) is 2.83. The highest BCUT2D eigenvalue weighted by atomic mass is 19.1. The lowest BCUT2D eigenvalue weighted by Crippen LogP contribution is -2.50. The normalized spacial score (nSPS) is 25.0. The molecule has 0 bridgehead atoms. The van der Waals surface area contributed by atoms with Crippen molar-refractivity contribution in [2.24, 2.45) is 0 Å². The molecule has 3 fully saturated rings. The molecular formula is C22H21F2N5O2. The largest absolute Gasteiger partial charge is 0.355 e. The van der Waals surface area contributed by atoms with Crippen molar-refractivity contribution >= 4 is 17.2 Å². The van der Waals surface area contributed by atoms with Gasteiger partial charge in [-0.1, -0.05) is 0 Å². The quantitative estimate of drug-likeness (QED) is 0.632. The summed E-state index contributed by atoms with van der Waals surface area (Å²) in [5, 5.41) is 0. The Morgan fingerprint density at radius 1 is 1.10 bits per heavy atom. The summed E-state index contributed by atoms with van der Waals surface area (Å²) in [5.41, 5.74) is 0.533. The second-order valence-corrected chi connectivity index (χ2v) is 8.50. The van der Waals surface area contributed by atoms with Crippen LogP contribution in [0.5, 0.6) is 0 Å². The lowest BCUT2D eigenvalue weighted by molar-refractivity contribution is -0.140. The molecule has 0 N–H and O–H groups in total. The highest BCUT2D eigenvalue weighted by molar-refractivity contribution is 5.88. The number of amides is 1. The van der Waals surface area contributed by atoms with E-state index in [4.69, 9.17) is 4.74 Å². The Hall–Kier alpha value is -3.07. The number of nitrogens with zero attached hydrogens (tertiary/aromatic N) is 5. The highest BCUT2D eigenvalue weighted by Crippen LogP contribution is 2.48. The first-order valence-corrected chi connectivity index (χ1v) is 10.5. The summed E-state index contributed by atoms with van der Waals surface area (Å²) in [4.78, 5) is 26.1. The lowest BCUT2D eigenvalue weighted by atomic mass is 9.89. The number of aromatic nitrogens is 3. The zero-order valence-corrected chi connectivity index (χ0v) is 16.7. The molecule has 1 aromatic carbocycles. The maximum absolute atomic E-state index is 13.8. The predicted molar refractivity (Wildman–Crippen MR) is 107 cm³/mol. The molecular weight excluding hydrogens is 404 g/mol. The van der Waals surface area contributed by atoms with E-state index < -0.39 is 17.2 Å². The highest BCUT2D eigenvalue weighted by Gasteiger charge is 2.58. The third-order valence-corrected chi connectivity index (χ3v) is 6.78. The molecule has 3 aliphatic heterocycles. The number of benzene rings is 1. The number of carbonyl (C=O) groups is 1. The summed E-state index contributed by atoms with van der Waals surface area (Å²) < 4.78 is 35.8. The zero-order chi connectivity index (χ0) is 21.2. The van der Waals surface area contributed by atoms with Crippen molar-refractivity contribution in [2.75, 3.05) is 18.0 Å². The number of carbonyl (C=O) groups excluding carboxylic acids is 1. The minimum absolute atomic E-state index is 0.0696. The van der Waals surface area contributed by atoms with Crippen LogP contribution in [0.2, 0.25) is 0 Å². The molecule has 0 unspecified atom stereocenters. The van der Waals surface area contributed by atoms with Crippen molar-refractivity contribution in [3.63, 3.8) is 0 Å². The Morgan fingerprint density at radius 2 is 1.87 bits per heavy atom. The number of imidazole rings is 1. The first kappa shape index (κ1) is 18.7. The van der Waals surface area contributed by atoms with E-state index in [-0.39, 0.29) is 18.2 Å². The van der Waals surface area contributed by atoms with E-state index in [0.29, 0.717) is 44.3 Å². The van der Waals surface area contributed by atoms with Gasteiger partial charge in [0.15, 0.2) is 11.4 Å². The predicted octanol–water partition coefficient (Wildman–Crippen LogP) is 3.07. The first-order chi connectivity index (χ1) is 15.0. The van der Waals surface area contributed by atoms with E-state index in [0.717, 1.165) is 17.4 Å². The lowest BCUT2D eigenvalue weighted by Gasteiger charge is -2.38. The fourth-order valence-electron chi connectivity index (χ4n) is 5.30. The number of halogens is 2. The molecule has 9 heteroatoms. The van der Waals surface area contributed by atoms with Crippen LogP contribution >= 0.6 is 0 Å². The van der Waals surface area contributed by atoms with Crippen LogP contribution in [0, 0.1) is 11.6 Å². The van der Waals surface area contributed by atoms with Gasteiger partial charge in [0.1, 0.15) is 23.4 Å². The summed E-state index contributed by atoms with van der Waals surface area (Å²) in [6.45, 7) is 1.26. The molecule has 7 nitrogen and oxygen atoms in total. The van der Waals surface area contributed by atoms with Gasteiger partial charge in [-0.05, 0) is 30.5 Å². The molecule has 6 rings (SSSR count). The molecule has 2 aromatic heterocycles. The topological polar surface area (TPSA) is 63.0 Å². The van der Waals surface area contributed by atoms with Gasteiger partial charge < -0.3 is 18.9 Å². The van der Waals surface area contributed by atoms with E-state index in [2.05, 4.69) is 14.9 Å². The van der Waals surface area contributed by atoms with Crippen LogP contribution in [0.1, 0.15) is 37.3 Å². The van der Waals surface area contributed by atoms with Gasteiger partial charge in [0.2, 0.25) is 0 Å². The van der Waals surface area contributed by atoms with Gasteiger partial charge in [0.25, 0.3) is 5.91 Å². The van der Waals surface area contributed by atoms with Crippen molar-refractivity contribution in [2.45, 2.75) is 43.6 Å². The van der Waals surface area contributed by atoms with Crippen LogP contribution in [0.25, 0.3) is 5.52 Å². The molecule has 0 radical (unpaired) electrons. The van der Waals surface area contributed by atoms with Gasteiger partial charge in [0.05, 0.1) is 18.6 Å². The Morgan fingerprint density at radius 3 is 2.65 bits per heavy atom. The second-order valence-electron chi connectivity index (χ2n) is 8.50. The summed E-state index contributed by atoms with van der Waals surface area (Å²) in [6.07, 6.45) is 9.15. The molecule has 1 spiro atoms. The van der Waals surface area contributed by atoms with Gasteiger partial charge in [0, 0.05) is 44.4 Å². The molecule has 3 aliphatic rings. The smallest absolute Gasteiger partial charge is 0.257 e. The van der Waals surface area contributed by atoms with Gasteiger partial charge in [-0.3, -0.25) is 4.79 Å². The minimum atomic E-state index is -0.878. The number of ether oxygens (including phenoxy) is 1. The molecule has 0 aliphatic carbocycles. The Labute approximate surface area is 177 Å². The molecule has 2 atom stereocenters. The average Bonchev–Trinajstić information content (AvgIpc) is 3.45. The summed E-state index contributed by atoms with van der Waals surface area (Å²) in [6, 6.07) is 3.12. The van der Waals surface area contributed by atoms with Crippen LogP contribution in [0.15, 0.2) is 43.1 Å². The number of piperidine rings is 1. The maximum atomic E-state index is 13.8. The average molecular weight is 425 g/mol. The summed E-state index contributed by atoms with van der Waals surface area (Å²) in [5.74, 6) is -0.486. The van der Waals surface area contributed by atoms with Gasteiger partial charge >= 0.3 is 0 Å². The fraction of sp³-hybridized carbons (Fsp3) is 0.409. The molecule has 3 saturated heterocycles. The van der Waals surface area contributed by atoms with Crippen molar-refractivity contribution in [1.29, 1.82) is 0 Å². The van der Waals surface area contributed by atoms with Crippen molar-refractivity contribution in [1.82, 2.24) is 19.3 Å². The Bertz CT molecular complexity index is 1150. The number of anilines is 1. The number of rotatable bonds is 2. The summed E-state index contributed by atoms with van der Waals surface area (Å²) in [7, 11) is 0. The number of hydrogen-bond donors (Lipinski definition) is 0. The van der Waals surface area contributed by atoms with Gasteiger partial charge in [-0.2, -0.15) is 0 Å². The number of hydrogen-bond acceptors (Lipinski definition) is 5. The van der Waals surface area contributed by atoms with E-state index in [1.165, 1.54) is 12.1 Å². The fourth-order valence-corrected chi connectivity index (χ4v) is 5.30. The standard InChI is InChI=1S/C22H21F2N5O2/c23-15-9-14(10-16(24)11-15)17-1-2-19-29(17)21(30)22(31-19)3-6-27(7-4-22)20-18-12-25-13-28(18)8-5-26-20/h5,8-13,17,19H,1-4,6-7H2/t17-,19+/m0/s1. The zero-order valence-electron chi connectivity index (χ0n) is 16.7. The summed E-state index contributed by atoms with van der Waals surface area (Å²) >= 11 is 0. The van der Waals surface area contributed by atoms with Crippen LogP contribution in [-0.2, 0) is 9.53 Å². The molecule has 31 heavy (non-hydrogen) atoms. The monoisotopic (exact) mass is 425 g/mol. The Kier molecular flexibility index (Phi) is 4.05. The van der Waals surface area contributed by atoms with Crippen molar-refractivity contribution < 1.29 is 18.3 Å². The van der Waals surface area contributed by atoms with Crippen molar-refractivity contribution in [3.05, 3.63) is 60.3 Å². The maximum Gasteiger partial charge on any atom is 0.257 e. The Balaban J connectivity index is 1.24. The van der Waals surface area contributed by atoms with Crippen LogP contribution < -0.4 is 4.90 Å². The van der Waals surface area contributed by atoms with Gasteiger partial charge in [-0.15, -0.1) is 0 Å². The molecule has 3 aromatic rings. The molecule has 1 amide bonds. The van der Waals surface area contributed by atoms with Gasteiger partial charge in [-0.25, -0.2) is 18.7 Å². The first-order valence-electron chi connectivity index (χ1n) is 10.5. The SMILES string of the molecule is O=C1N2[C@@H](CC[C@H]2c2cc(F)cc(F)c2)OC12CCN(c1nccn3cncc13)CC2. The molecule has 160 valence electrons. The van der Waals surface area contributed by atoms with E-state index in [1.54, 1.807) is 23.6 Å². The van der Waals surface area contributed by atoms with E-state index in [1.807, 2.05) is 10.6 Å². The van der Waals surface area contributed by atoms with E-state index >= 15 is 0 Å². The van der Waals surface area contributed by atoms with Crippen molar-refractivity contribution in [3.8, 4) is 0 Å². The van der Waals surface area contributed by atoms with E-state index in [9.17, 15) is 13.6 Å². The molecule has 5 heterocycles. The minimum Gasteiger partial charge on any atom is -0.355 e.